The third-order valence-corrected chi connectivity index (χ3v) is 17.1. The predicted molar refractivity (Wildman–Crippen MR) is 238 cm³/mol. The fourth-order valence-corrected chi connectivity index (χ4v) is 15.4. The van der Waals surface area contributed by atoms with Gasteiger partial charge in [0.1, 0.15) is 0 Å². The summed E-state index contributed by atoms with van der Waals surface area (Å²) in [5, 5.41) is 5.85. The van der Waals surface area contributed by atoms with Gasteiger partial charge < -0.3 is 14.0 Å². The molecule has 0 N–H and O–H groups in total. The predicted octanol–water partition coefficient (Wildman–Crippen LogP) is 7.40. The van der Waals surface area contributed by atoms with Crippen molar-refractivity contribution in [3.05, 3.63) is 108 Å². The zero-order valence-electron chi connectivity index (χ0n) is 32.8. The molecule has 7 aliphatic heterocycles. The van der Waals surface area contributed by atoms with E-state index in [1.165, 1.54) is 66.2 Å². The van der Waals surface area contributed by atoms with Gasteiger partial charge in [0.2, 0.25) is 20.1 Å². The van der Waals surface area contributed by atoms with Crippen LogP contribution in [-0.4, -0.2) is 35.3 Å². The quantitative estimate of drug-likeness (QED) is 0.149. The number of para-hydroxylation sites is 2. The third kappa shape index (κ3) is 2.73. The third-order valence-electron chi connectivity index (χ3n) is 17.1. The van der Waals surface area contributed by atoms with E-state index in [4.69, 9.17) is 0 Å². The summed E-state index contributed by atoms with van der Waals surface area (Å²) in [6.45, 7) is 15.5. The molecule has 0 bridgehead atoms. The molecule has 0 spiro atoms. The molecule has 6 aromatic carbocycles. The van der Waals surface area contributed by atoms with Crippen molar-refractivity contribution in [2.45, 2.75) is 87.9 Å². The van der Waals surface area contributed by atoms with E-state index >= 15 is 0 Å². The summed E-state index contributed by atoms with van der Waals surface area (Å²) in [5.74, 6) is 1.43. The summed E-state index contributed by atoms with van der Waals surface area (Å²) in [4.78, 5) is 2.95. The molecule has 1 fully saturated rings. The first kappa shape index (κ1) is 29.2. The molecule has 56 heavy (non-hydrogen) atoms. The van der Waals surface area contributed by atoms with Crippen LogP contribution in [0.3, 0.4) is 0 Å². The summed E-state index contributed by atoms with van der Waals surface area (Å²) in [5.41, 5.74) is 24.7. The highest BCUT2D eigenvalue weighted by Gasteiger charge is 2.71. The Labute approximate surface area is 327 Å². The Hall–Kier alpha value is -5.09. The van der Waals surface area contributed by atoms with Crippen LogP contribution in [0.1, 0.15) is 64.8 Å². The molecule has 6 heteroatoms. The lowest BCUT2D eigenvalue weighted by Crippen LogP contribution is -2.78. The van der Waals surface area contributed by atoms with E-state index < -0.39 is 0 Å². The average molecular weight is 715 g/mol. The lowest BCUT2D eigenvalue weighted by atomic mass is 9.09. The molecule has 0 saturated heterocycles. The zero-order chi connectivity index (χ0) is 36.8. The Bertz CT molecular complexity index is 3100. The molecule has 6 atom stereocenters. The van der Waals surface area contributed by atoms with Gasteiger partial charge in [-0.05, 0) is 73.6 Å². The van der Waals surface area contributed by atoms with Crippen molar-refractivity contribution in [3.63, 3.8) is 0 Å². The molecule has 9 heterocycles. The standard InChI is InChI=1S/C50H40B3N3/c1-49(2,3)23-13-19-31-33(21-23)52-34-22-24(50(4,5)6)14-20-35(34)54-36-12-8-10-28-30-18-16-26-25-15-17-29-27-9-7-11-32-42(27)55-44(29)37(25)53-38(26)45(30)56(43(28)36)48-41(53)46(55)39(51(31)32)40(52)47(48)54/h7-22,39-41,46-48H,1-6H3/t39?,40?,41-,46-,47?,48?/m1/s1. The molecule has 1 saturated carbocycles. The van der Waals surface area contributed by atoms with Crippen molar-refractivity contribution in [1.29, 1.82) is 0 Å². The SMILES string of the molecule is CC(C)(C)c1ccc2c(c1)B1c3cc(C(C)(C)C)ccc3N3c4cccc5c6ccc7c8c6n(c45)C4C3C1C1B2c2cccc3c5ccc-7c6c5n(c23)[C@H]1[C@H]4B86. The van der Waals surface area contributed by atoms with E-state index in [-0.39, 0.29) is 10.8 Å². The van der Waals surface area contributed by atoms with E-state index in [2.05, 4.69) is 153 Å². The van der Waals surface area contributed by atoms with Crippen LogP contribution in [0, 0.1) is 0 Å². The average Bonchev–Trinajstić information content (AvgIpc) is 3.83. The van der Waals surface area contributed by atoms with Gasteiger partial charge in [-0.3, -0.25) is 0 Å². The topological polar surface area (TPSA) is 13.1 Å². The molecule has 2 aromatic heterocycles. The number of hydrogen-bond donors (Lipinski definition) is 0. The lowest BCUT2D eigenvalue weighted by Gasteiger charge is -2.67. The highest BCUT2D eigenvalue weighted by atomic mass is 15.3. The van der Waals surface area contributed by atoms with E-state index in [0.717, 1.165) is 0 Å². The van der Waals surface area contributed by atoms with Crippen molar-refractivity contribution in [3.8, 4) is 11.1 Å². The Morgan fingerprint density at radius 3 is 1.73 bits per heavy atom. The minimum absolute atomic E-state index is 0.0576. The number of hydrogen-bond acceptors (Lipinski definition) is 1. The molecule has 1 aliphatic carbocycles. The van der Waals surface area contributed by atoms with Gasteiger partial charge >= 0.3 is 0 Å². The molecule has 4 unspecified atom stereocenters. The van der Waals surface area contributed by atoms with Crippen molar-refractivity contribution < 1.29 is 0 Å². The molecule has 8 aromatic rings. The fraction of sp³-hybridized carbons (Fsp3) is 0.280. The molecular formula is C50H40B3N3. The number of nitrogens with zero attached hydrogens (tertiary/aromatic N) is 3. The van der Waals surface area contributed by atoms with Crippen LogP contribution in [-0.2, 0) is 10.8 Å². The number of benzene rings is 6. The largest absolute Gasteiger partial charge is 0.339 e. The van der Waals surface area contributed by atoms with E-state index in [9.17, 15) is 0 Å². The minimum Gasteiger partial charge on any atom is -0.339 e. The van der Waals surface area contributed by atoms with Gasteiger partial charge in [-0.15, -0.1) is 0 Å². The Balaban J connectivity index is 1.16. The van der Waals surface area contributed by atoms with Crippen molar-refractivity contribution in [1.82, 2.24) is 9.13 Å². The molecule has 3 nitrogen and oxygen atoms in total. The summed E-state index contributed by atoms with van der Waals surface area (Å²) < 4.78 is 5.98. The summed E-state index contributed by atoms with van der Waals surface area (Å²) in [7, 11) is 0. The zero-order valence-corrected chi connectivity index (χ0v) is 32.8. The first-order valence-corrected chi connectivity index (χ1v) is 21.4. The monoisotopic (exact) mass is 715 g/mol. The number of aromatic nitrogens is 2. The van der Waals surface area contributed by atoms with Gasteiger partial charge in [-0.25, -0.2) is 0 Å². The van der Waals surface area contributed by atoms with Gasteiger partial charge in [-0.1, -0.05) is 148 Å². The van der Waals surface area contributed by atoms with E-state index in [0.29, 0.717) is 55.7 Å². The Morgan fingerprint density at radius 1 is 0.429 bits per heavy atom. The minimum atomic E-state index is 0.0576. The first-order chi connectivity index (χ1) is 27.1. The van der Waals surface area contributed by atoms with Gasteiger partial charge in [0.15, 0.2) is 0 Å². The number of anilines is 2. The van der Waals surface area contributed by atoms with Gasteiger partial charge in [0, 0.05) is 49.8 Å². The van der Waals surface area contributed by atoms with Crippen LogP contribution < -0.4 is 37.7 Å². The van der Waals surface area contributed by atoms with Gasteiger partial charge in [0.25, 0.3) is 0 Å². The van der Waals surface area contributed by atoms with Crippen LogP contribution in [0.15, 0.2) is 97.1 Å². The van der Waals surface area contributed by atoms with E-state index in [1.54, 1.807) is 43.8 Å². The fourth-order valence-electron chi connectivity index (χ4n) is 15.4. The molecule has 8 aliphatic rings. The molecule has 0 radical (unpaired) electrons. The first-order valence-electron chi connectivity index (χ1n) is 21.4. The van der Waals surface area contributed by atoms with Crippen LogP contribution in [0.5, 0.6) is 0 Å². The molecular weight excluding hydrogens is 675 g/mol. The normalized spacial score (nSPS) is 25.5. The van der Waals surface area contributed by atoms with Crippen molar-refractivity contribution in [2.24, 2.45) is 0 Å². The highest BCUT2D eigenvalue weighted by Crippen LogP contribution is 2.70. The molecule has 16 rings (SSSR count). The maximum Gasteiger partial charge on any atom is 0.223 e. The maximum atomic E-state index is 3.00. The van der Waals surface area contributed by atoms with Gasteiger partial charge in [-0.2, -0.15) is 0 Å². The summed E-state index contributed by atoms with van der Waals surface area (Å²) >= 11 is 0. The second-order valence-corrected chi connectivity index (χ2v) is 21.1. The second kappa shape index (κ2) is 8.45. The maximum absolute atomic E-state index is 3.00. The van der Waals surface area contributed by atoms with Crippen molar-refractivity contribution >= 4 is 108 Å². The smallest absolute Gasteiger partial charge is 0.223 e. The molecule has 0 amide bonds. The highest BCUT2D eigenvalue weighted by molar-refractivity contribution is 7.02. The number of rotatable bonds is 0. The molecule has 264 valence electrons. The van der Waals surface area contributed by atoms with Crippen LogP contribution >= 0.6 is 0 Å². The van der Waals surface area contributed by atoms with Gasteiger partial charge in [0.05, 0.1) is 23.3 Å². The summed E-state index contributed by atoms with van der Waals surface area (Å²) in [6, 6.07) is 41.4. The summed E-state index contributed by atoms with van der Waals surface area (Å²) in [6.07, 6.45) is 0. The number of fused-ring (bicyclic) bond motifs is 11. The second-order valence-electron chi connectivity index (χ2n) is 21.1. The van der Waals surface area contributed by atoms with Crippen LogP contribution in [0.4, 0.5) is 11.4 Å². The van der Waals surface area contributed by atoms with Crippen LogP contribution in [0.2, 0.25) is 17.5 Å². The van der Waals surface area contributed by atoms with E-state index in [1.807, 2.05) is 0 Å². The lowest BCUT2D eigenvalue weighted by molar-refractivity contribution is 0.233. The van der Waals surface area contributed by atoms with Crippen molar-refractivity contribution in [2.75, 3.05) is 4.90 Å². The Kier molecular flexibility index (Phi) is 4.40. The van der Waals surface area contributed by atoms with Crippen LogP contribution in [0.25, 0.3) is 54.7 Å². The Morgan fingerprint density at radius 2 is 1.02 bits per heavy atom.